The highest BCUT2D eigenvalue weighted by Gasteiger charge is 2.22. The van der Waals surface area contributed by atoms with Crippen molar-refractivity contribution in [1.29, 1.82) is 0 Å². The molecule has 1 saturated carbocycles. The van der Waals surface area contributed by atoms with E-state index in [2.05, 4.69) is 17.2 Å². The Bertz CT molecular complexity index is 533. The molecule has 1 aromatic rings. The van der Waals surface area contributed by atoms with Gasteiger partial charge in [0.25, 0.3) is 5.91 Å². The molecular weight excluding hydrogens is 274 g/mol. The number of aliphatic hydroxyl groups excluding tert-OH is 2. The minimum Gasteiger partial charge on any atom is -0.393 e. The predicted octanol–water partition coefficient (Wildman–Crippen LogP) is 1.43. The largest absolute Gasteiger partial charge is 0.393 e. The zero-order valence-electron chi connectivity index (χ0n) is 11.5. The van der Waals surface area contributed by atoms with Gasteiger partial charge in [-0.3, -0.25) is 4.79 Å². The van der Waals surface area contributed by atoms with E-state index >= 15 is 0 Å². The molecule has 1 fully saturated rings. The van der Waals surface area contributed by atoms with Gasteiger partial charge in [-0.2, -0.15) is 0 Å². The molecule has 2 rings (SSSR count). The maximum Gasteiger partial charge on any atom is 0.261 e. The lowest BCUT2D eigenvalue weighted by Crippen LogP contribution is -2.38. The first-order valence-corrected chi connectivity index (χ1v) is 7.61. The fraction of sp³-hybridized carbons (Fsp3) is 0.533. The van der Waals surface area contributed by atoms with Gasteiger partial charge >= 0.3 is 0 Å². The molecule has 0 aromatic carbocycles. The van der Waals surface area contributed by atoms with Crippen molar-refractivity contribution in [2.75, 3.05) is 6.61 Å². The van der Waals surface area contributed by atoms with Crippen LogP contribution in [0.4, 0.5) is 0 Å². The number of hydrogen-bond donors (Lipinski definition) is 3. The number of rotatable bonds is 2. The van der Waals surface area contributed by atoms with Crippen LogP contribution in [-0.4, -0.2) is 34.9 Å². The van der Waals surface area contributed by atoms with Gasteiger partial charge < -0.3 is 15.5 Å². The minimum absolute atomic E-state index is 0.0726. The summed E-state index contributed by atoms with van der Waals surface area (Å²) in [6.07, 6.45) is 2.94. The first kappa shape index (κ1) is 15.0. The lowest BCUT2D eigenvalue weighted by atomic mass is 9.93. The van der Waals surface area contributed by atoms with E-state index in [1.165, 1.54) is 11.3 Å². The van der Waals surface area contributed by atoms with Gasteiger partial charge in [0.15, 0.2) is 0 Å². The van der Waals surface area contributed by atoms with Crippen LogP contribution in [0.25, 0.3) is 0 Å². The number of nitrogens with one attached hydrogen (secondary N) is 1. The molecule has 4 nitrogen and oxygen atoms in total. The Hall–Kier alpha value is -1.35. The van der Waals surface area contributed by atoms with Crippen LogP contribution < -0.4 is 5.32 Å². The topological polar surface area (TPSA) is 69.6 Å². The molecule has 0 saturated heterocycles. The fourth-order valence-electron chi connectivity index (χ4n) is 2.31. The predicted molar refractivity (Wildman–Crippen MR) is 78.7 cm³/mol. The molecule has 3 N–H and O–H groups in total. The van der Waals surface area contributed by atoms with Crippen molar-refractivity contribution in [3.05, 3.63) is 21.4 Å². The van der Waals surface area contributed by atoms with Crippen LogP contribution in [0.2, 0.25) is 0 Å². The summed E-state index contributed by atoms with van der Waals surface area (Å²) in [5.41, 5.74) is 0.958. The molecule has 0 atom stereocenters. The first-order chi connectivity index (χ1) is 9.60. The van der Waals surface area contributed by atoms with Gasteiger partial charge in [0, 0.05) is 6.04 Å². The molecule has 1 aliphatic carbocycles. The maximum atomic E-state index is 12.2. The van der Waals surface area contributed by atoms with E-state index in [1.54, 1.807) is 0 Å². The van der Waals surface area contributed by atoms with Crippen LogP contribution in [0.15, 0.2) is 6.07 Å². The molecule has 0 unspecified atom stereocenters. The highest BCUT2D eigenvalue weighted by molar-refractivity contribution is 7.14. The van der Waals surface area contributed by atoms with Crippen molar-refractivity contribution in [2.45, 2.75) is 44.8 Å². The third-order valence-corrected chi connectivity index (χ3v) is 4.61. The molecule has 1 amide bonds. The first-order valence-electron chi connectivity index (χ1n) is 6.79. The second-order valence-electron chi connectivity index (χ2n) is 5.06. The van der Waals surface area contributed by atoms with Crippen LogP contribution >= 0.6 is 11.3 Å². The number of thiophene rings is 1. The van der Waals surface area contributed by atoms with Crippen LogP contribution in [-0.2, 0) is 0 Å². The van der Waals surface area contributed by atoms with Gasteiger partial charge in [0.2, 0.25) is 0 Å². The second kappa shape index (κ2) is 6.89. The average molecular weight is 293 g/mol. The van der Waals surface area contributed by atoms with Gasteiger partial charge in [-0.05, 0) is 44.2 Å². The summed E-state index contributed by atoms with van der Waals surface area (Å²) in [4.78, 5) is 13.6. The maximum absolute atomic E-state index is 12.2. The standard InChI is InChI=1S/C15H19NO3S/c1-10-9-14(20-13(10)3-2-8-17)15(19)16-11-4-6-12(18)7-5-11/h9,11-12,17-18H,4-8H2,1H3,(H,16,19). The van der Waals surface area contributed by atoms with Crippen molar-refractivity contribution in [2.24, 2.45) is 0 Å². The van der Waals surface area contributed by atoms with Gasteiger partial charge in [0.05, 0.1) is 15.9 Å². The van der Waals surface area contributed by atoms with Gasteiger partial charge in [-0.15, -0.1) is 11.3 Å². The molecule has 0 aliphatic heterocycles. The Kier molecular flexibility index (Phi) is 5.18. The highest BCUT2D eigenvalue weighted by atomic mass is 32.1. The molecule has 108 valence electrons. The fourth-order valence-corrected chi connectivity index (χ4v) is 3.26. The summed E-state index contributed by atoms with van der Waals surface area (Å²) in [6, 6.07) is 1.99. The quantitative estimate of drug-likeness (QED) is 0.723. The second-order valence-corrected chi connectivity index (χ2v) is 6.11. The van der Waals surface area contributed by atoms with Crippen molar-refractivity contribution >= 4 is 17.2 Å². The number of carbonyl (C=O) groups is 1. The summed E-state index contributed by atoms with van der Waals surface area (Å²) in [5, 5.41) is 21.2. The zero-order valence-corrected chi connectivity index (χ0v) is 12.3. The Morgan fingerprint density at radius 2 is 2.15 bits per heavy atom. The molecule has 1 aliphatic rings. The van der Waals surface area contributed by atoms with E-state index < -0.39 is 0 Å². The molecule has 1 aromatic heterocycles. The van der Waals surface area contributed by atoms with Crippen molar-refractivity contribution in [3.8, 4) is 11.8 Å². The van der Waals surface area contributed by atoms with Crippen molar-refractivity contribution in [3.63, 3.8) is 0 Å². The Balaban J connectivity index is 1.99. The van der Waals surface area contributed by atoms with Crippen LogP contribution in [0.1, 0.15) is 45.8 Å². The van der Waals surface area contributed by atoms with Gasteiger partial charge in [0.1, 0.15) is 6.61 Å². The molecule has 1 heterocycles. The molecule has 0 bridgehead atoms. The molecule has 20 heavy (non-hydrogen) atoms. The monoisotopic (exact) mass is 293 g/mol. The smallest absolute Gasteiger partial charge is 0.261 e. The van der Waals surface area contributed by atoms with E-state index in [0.29, 0.717) is 4.88 Å². The van der Waals surface area contributed by atoms with E-state index in [4.69, 9.17) is 5.11 Å². The SMILES string of the molecule is Cc1cc(C(=O)NC2CCC(O)CC2)sc1C#CCO. The van der Waals surface area contributed by atoms with Crippen LogP contribution in [0, 0.1) is 18.8 Å². The van der Waals surface area contributed by atoms with Crippen molar-refractivity contribution in [1.82, 2.24) is 5.32 Å². The summed E-state index contributed by atoms with van der Waals surface area (Å²) in [6.45, 7) is 1.73. The normalized spacial score (nSPS) is 21.9. The minimum atomic E-state index is -0.215. The molecule has 0 radical (unpaired) electrons. The van der Waals surface area contributed by atoms with E-state index in [9.17, 15) is 9.90 Å². The summed E-state index contributed by atoms with van der Waals surface area (Å²) >= 11 is 1.35. The number of aryl methyl sites for hydroxylation is 1. The van der Waals surface area contributed by atoms with Crippen molar-refractivity contribution < 1.29 is 15.0 Å². The van der Waals surface area contributed by atoms with Gasteiger partial charge in [-0.25, -0.2) is 0 Å². The van der Waals surface area contributed by atoms with E-state index in [1.807, 2.05) is 13.0 Å². The van der Waals surface area contributed by atoms with E-state index in [-0.39, 0.29) is 24.7 Å². The summed E-state index contributed by atoms with van der Waals surface area (Å²) in [7, 11) is 0. The third kappa shape index (κ3) is 3.83. The van der Waals surface area contributed by atoms with Gasteiger partial charge in [-0.1, -0.05) is 11.8 Å². The summed E-state index contributed by atoms with van der Waals surface area (Å²) < 4.78 is 0. The van der Waals surface area contributed by atoms with Crippen LogP contribution in [0.5, 0.6) is 0 Å². The zero-order chi connectivity index (χ0) is 14.5. The average Bonchev–Trinajstić information content (AvgIpc) is 2.80. The highest BCUT2D eigenvalue weighted by Crippen LogP contribution is 2.23. The third-order valence-electron chi connectivity index (χ3n) is 3.45. The Morgan fingerprint density at radius 1 is 1.45 bits per heavy atom. The molecular formula is C15H19NO3S. The lowest BCUT2D eigenvalue weighted by molar-refractivity contribution is 0.0871. The van der Waals surface area contributed by atoms with E-state index in [0.717, 1.165) is 36.1 Å². The number of aliphatic hydroxyl groups is 2. The molecule has 0 spiro atoms. The summed E-state index contributed by atoms with van der Waals surface area (Å²) in [5.74, 6) is 5.38. The Morgan fingerprint density at radius 3 is 2.80 bits per heavy atom. The molecule has 5 heteroatoms. The lowest BCUT2D eigenvalue weighted by Gasteiger charge is -2.25. The van der Waals surface area contributed by atoms with Crippen LogP contribution in [0.3, 0.4) is 0 Å². The number of hydrogen-bond acceptors (Lipinski definition) is 4. The number of carbonyl (C=O) groups excluding carboxylic acids is 1. The number of amides is 1. The Labute approximate surface area is 122 Å².